The van der Waals surface area contributed by atoms with Crippen LogP contribution in [0.2, 0.25) is 0 Å². The molecule has 2 N–H and O–H groups in total. The van der Waals surface area contributed by atoms with Crippen molar-refractivity contribution < 1.29 is 9.53 Å². The normalized spacial score (nSPS) is 24.3. The quantitative estimate of drug-likeness (QED) is 0.924. The van der Waals surface area contributed by atoms with Gasteiger partial charge in [0, 0.05) is 18.4 Å². The highest BCUT2D eigenvalue weighted by atomic mass is 16.5. The van der Waals surface area contributed by atoms with Gasteiger partial charge < -0.3 is 10.5 Å². The number of ether oxygens (including phenoxy) is 1. The van der Waals surface area contributed by atoms with Gasteiger partial charge in [-0.15, -0.1) is 0 Å². The minimum Gasteiger partial charge on any atom is -0.373 e. The maximum atomic E-state index is 12.4. The second-order valence-corrected chi connectivity index (χ2v) is 6.65. The number of Topliss-reactive ketones (excluding diaryl/α,β-unsaturated/α-hetero) is 1. The van der Waals surface area contributed by atoms with Crippen LogP contribution in [0.25, 0.3) is 0 Å². The van der Waals surface area contributed by atoms with Crippen molar-refractivity contribution in [1.82, 2.24) is 0 Å². The molecule has 3 rings (SSSR count). The van der Waals surface area contributed by atoms with E-state index < -0.39 is 0 Å². The van der Waals surface area contributed by atoms with E-state index in [1.54, 1.807) is 0 Å². The van der Waals surface area contributed by atoms with Gasteiger partial charge in [-0.3, -0.25) is 4.79 Å². The van der Waals surface area contributed by atoms with Crippen LogP contribution in [-0.2, 0) is 16.0 Å². The zero-order valence-corrected chi connectivity index (χ0v) is 12.6. The van der Waals surface area contributed by atoms with Crippen LogP contribution in [0.5, 0.6) is 0 Å². The molecule has 114 valence electrons. The third-order valence-corrected chi connectivity index (χ3v) is 4.90. The molecule has 0 spiro atoms. The summed E-state index contributed by atoms with van der Waals surface area (Å²) < 4.78 is 5.84. The van der Waals surface area contributed by atoms with E-state index in [9.17, 15) is 4.79 Å². The van der Waals surface area contributed by atoms with Crippen LogP contribution in [0.1, 0.15) is 62.2 Å². The van der Waals surface area contributed by atoms with Gasteiger partial charge in [-0.25, -0.2) is 0 Å². The minimum atomic E-state index is -0.260. The van der Waals surface area contributed by atoms with Gasteiger partial charge in [-0.05, 0) is 30.4 Å². The lowest BCUT2D eigenvalue weighted by Crippen LogP contribution is -2.43. The molecule has 2 aliphatic rings. The molecule has 0 radical (unpaired) electrons. The number of rotatable bonds is 4. The number of fused-ring (bicyclic) bond motifs is 1. The Morgan fingerprint density at radius 2 is 2.00 bits per heavy atom. The van der Waals surface area contributed by atoms with Crippen molar-refractivity contribution in [3.63, 3.8) is 0 Å². The molecule has 21 heavy (non-hydrogen) atoms. The molecule has 1 fully saturated rings. The van der Waals surface area contributed by atoms with Crippen molar-refractivity contribution in [2.75, 3.05) is 6.61 Å². The number of hydrogen-bond acceptors (Lipinski definition) is 3. The second-order valence-electron chi connectivity index (χ2n) is 6.65. The fourth-order valence-corrected chi connectivity index (χ4v) is 3.75. The third-order valence-electron chi connectivity index (χ3n) is 4.90. The Labute approximate surface area is 126 Å². The first kappa shape index (κ1) is 14.7. The zero-order chi connectivity index (χ0) is 14.7. The number of carbonyl (C=O) groups is 1. The van der Waals surface area contributed by atoms with E-state index in [0.29, 0.717) is 19.4 Å². The van der Waals surface area contributed by atoms with E-state index in [0.717, 1.165) is 32.1 Å². The first-order valence-corrected chi connectivity index (χ1v) is 8.16. The van der Waals surface area contributed by atoms with Crippen LogP contribution in [0.15, 0.2) is 24.3 Å². The van der Waals surface area contributed by atoms with Crippen LogP contribution in [0.4, 0.5) is 0 Å². The summed E-state index contributed by atoms with van der Waals surface area (Å²) in [6.07, 6.45) is 7.40. The lowest BCUT2D eigenvalue weighted by Gasteiger charge is -2.33. The molecule has 0 bridgehead atoms. The topological polar surface area (TPSA) is 52.3 Å². The summed E-state index contributed by atoms with van der Waals surface area (Å²) in [5.74, 6) is 0.251. The Kier molecular flexibility index (Phi) is 4.41. The zero-order valence-electron chi connectivity index (χ0n) is 12.6. The number of ketones is 1. The summed E-state index contributed by atoms with van der Waals surface area (Å²) in [5.41, 5.74) is 8.65. The van der Waals surface area contributed by atoms with E-state index in [2.05, 4.69) is 18.2 Å². The molecule has 0 amide bonds. The second kappa shape index (κ2) is 6.29. The number of hydrogen-bond donors (Lipinski definition) is 1. The van der Waals surface area contributed by atoms with Crippen molar-refractivity contribution >= 4 is 5.78 Å². The average Bonchev–Trinajstić information content (AvgIpc) is 2.48. The summed E-state index contributed by atoms with van der Waals surface area (Å²) in [4.78, 5) is 12.4. The molecule has 1 aromatic rings. The maximum Gasteiger partial charge on any atom is 0.137 e. The highest BCUT2D eigenvalue weighted by molar-refractivity contribution is 5.80. The van der Waals surface area contributed by atoms with Crippen LogP contribution in [-0.4, -0.2) is 17.9 Å². The molecule has 1 saturated carbocycles. The van der Waals surface area contributed by atoms with Gasteiger partial charge in [0.15, 0.2) is 0 Å². The Morgan fingerprint density at radius 3 is 2.81 bits per heavy atom. The standard InChI is InChI=1S/C18H25NO2/c19-18(9-4-1-5-10-18)13-15(20)12-17-16-7-3-2-6-14(16)8-11-21-17/h2-3,6-7,17H,1,4-5,8-13,19H2. The number of nitrogens with two attached hydrogens (primary N) is 1. The predicted octanol–water partition coefficient (Wildman–Crippen LogP) is 3.31. The monoisotopic (exact) mass is 287 g/mol. The lowest BCUT2D eigenvalue weighted by atomic mass is 9.78. The Bertz CT molecular complexity index is 506. The summed E-state index contributed by atoms with van der Waals surface area (Å²) >= 11 is 0. The highest BCUT2D eigenvalue weighted by Gasteiger charge is 2.31. The molecule has 0 saturated heterocycles. The van der Waals surface area contributed by atoms with E-state index in [1.165, 1.54) is 17.5 Å². The molecule has 1 unspecified atom stereocenters. The average molecular weight is 287 g/mol. The largest absolute Gasteiger partial charge is 0.373 e. The molecular weight excluding hydrogens is 262 g/mol. The first-order valence-electron chi connectivity index (χ1n) is 8.16. The Morgan fingerprint density at radius 1 is 1.24 bits per heavy atom. The molecule has 3 nitrogen and oxygen atoms in total. The molecule has 3 heteroatoms. The number of benzene rings is 1. The van der Waals surface area contributed by atoms with Crippen molar-refractivity contribution in [3.8, 4) is 0 Å². The maximum absolute atomic E-state index is 12.4. The van der Waals surface area contributed by atoms with Crippen LogP contribution >= 0.6 is 0 Å². The number of carbonyl (C=O) groups excluding carboxylic acids is 1. The first-order chi connectivity index (χ1) is 10.2. The Balaban J connectivity index is 1.63. The molecular formula is C18H25NO2. The minimum absolute atomic E-state index is 0.0744. The van der Waals surface area contributed by atoms with Gasteiger partial charge in [-0.2, -0.15) is 0 Å². The van der Waals surface area contributed by atoms with Gasteiger partial charge >= 0.3 is 0 Å². The van der Waals surface area contributed by atoms with Crippen LogP contribution in [0, 0.1) is 0 Å². The third kappa shape index (κ3) is 3.53. The van der Waals surface area contributed by atoms with E-state index in [-0.39, 0.29) is 17.4 Å². The van der Waals surface area contributed by atoms with Gasteiger partial charge in [0.1, 0.15) is 5.78 Å². The lowest BCUT2D eigenvalue weighted by molar-refractivity contribution is -0.123. The van der Waals surface area contributed by atoms with Gasteiger partial charge in [0.25, 0.3) is 0 Å². The van der Waals surface area contributed by atoms with E-state index in [4.69, 9.17) is 10.5 Å². The van der Waals surface area contributed by atoms with Crippen molar-refractivity contribution in [2.24, 2.45) is 5.73 Å². The highest BCUT2D eigenvalue weighted by Crippen LogP contribution is 2.33. The Hall–Kier alpha value is -1.19. The van der Waals surface area contributed by atoms with Crippen LogP contribution < -0.4 is 5.73 Å². The predicted molar refractivity (Wildman–Crippen MR) is 83.1 cm³/mol. The summed E-state index contributed by atoms with van der Waals surface area (Å²) in [6.45, 7) is 0.711. The fraction of sp³-hybridized carbons (Fsp3) is 0.611. The van der Waals surface area contributed by atoms with Crippen molar-refractivity contribution in [1.29, 1.82) is 0 Å². The van der Waals surface area contributed by atoms with E-state index in [1.807, 2.05) is 6.07 Å². The fourth-order valence-electron chi connectivity index (χ4n) is 3.75. The summed E-state index contributed by atoms with van der Waals surface area (Å²) in [6, 6.07) is 8.31. The van der Waals surface area contributed by atoms with Gasteiger partial charge in [0.2, 0.25) is 0 Å². The van der Waals surface area contributed by atoms with Crippen molar-refractivity contribution in [3.05, 3.63) is 35.4 Å². The molecule has 1 atom stereocenters. The smallest absolute Gasteiger partial charge is 0.137 e. The molecule has 1 heterocycles. The van der Waals surface area contributed by atoms with Gasteiger partial charge in [0.05, 0.1) is 12.7 Å². The SMILES string of the molecule is NC1(CC(=O)CC2OCCc3ccccc32)CCCCC1. The summed E-state index contributed by atoms with van der Waals surface area (Å²) in [5, 5.41) is 0. The van der Waals surface area contributed by atoms with E-state index >= 15 is 0 Å². The molecule has 1 aliphatic carbocycles. The molecule has 1 aromatic carbocycles. The molecule has 1 aliphatic heterocycles. The van der Waals surface area contributed by atoms with Crippen molar-refractivity contribution in [2.45, 2.75) is 63.0 Å². The molecule has 0 aromatic heterocycles. The summed E-state index contributed by atoms with van der Waals surface area (Å²) in [7, 11) is 0. The van der Waals surface area contributed by atoms with Crippen LogP contribution in [0.3, 0.4) is 0 Å². The van der Waals surface area contributed by atoms with Gasteiger partial charge in [-0.1, -0.05) is 43.5 Å².